The van der Waals surface area contributed by atoms with Gasteiger partial charge in [-0.2, -0.15) is 13.2 Å². The van der Waals surface area contributed by atoms with Gasteiger partial charge in [0, 0.05) is 13.1 Å². The van der Waals surface area contributed by atoms with Crippen molar-refractivity contribution in [2.75, 3.05) is 32.5 Å². The molecule has 0 bridgehead atoms. The minimum absolute atomic E-state index is 0.00894. The van der Waals surface area contributed by atoms with Crippen LogP contribution in [0.25, 0.3) is 0 Å². The number of alkyl halides is 3. The van der Waals surface area contributed by atoms with E-state index in [1.54, 1.807) is 19.0 Å². The third-order valence-corrected chi connectivity index (χ3v) is 2.72. The van der Waals surface area contributed by atoms with Crippen LogP contribution in [0.2, 0.25) is 5.02 Å². The number of benzene rings is 1. The monoisotopic (exact) mass is 296 g/mol. The second-order valence-electron chi connectivity index (χ2n) is 4.46. The number of aliphatic hydroxyl groups excluding tert-OH is 1. The molecule has 1 atom stereocenters. The maximum atomic E-state index is 12.8. The van der Waals surface area contributed by atoms with Gasteiger partial charge in [0.2, 0.25) is 0 Å². The molecule has 0 aliphatic rings. The van der Waals surface area contributed by atoms with Crippen LogP contribution >= 0.6 is 11.6 Å². The third kappa shape index (κ3) is 4.89. The summed E-state index contributed by atoms with van der Waals surface area (Å²) in [5.74, 6) is 0. The zero-order valence-electron chi connectivity index (χ0n) is 10.6. The van der Waals surface area contributed by atoms with E-state index in [4.69, 9.17) is 11.6 Å². The number of aliphatic hydroxyl groups is 1. The fourth-order valence-electron chi connectivity index (χ4n) is 1.65. The van der Waals surface area contributed by atoms with Crippen molar-refractivity contribution in [3.8, 4) is 0 Å². The molecule has 1 aromatic rings. The van der Waals surface area contributed by atoms with Crippen molar-refractivity contribution in [1.29, 1.82) is 0 Å². The van der Waals surface area contributed by atoms with Crippen LogP contribution in [0.1, 0.15) is 5.56 Å². The minimum atomic E-state index is -4.49. The molecular formula is C12H16ClF3N2O. The van der Waals surface area contributed by atoms with Crippen molar-refractivity contribution in [2.45, 2.75) is 12.3 Å². The summed E-state index contributed by atoms with van der Waals surface area (Å²) in [4.78, 5) is 1.74. The molecule has 108 valence electrons. The Kier molecular flexibility index (Phi) is 5.46. The van der Waals surface area contributed by atoms with E-state index in [-0.39, 0.29) is 17.3 Å². The standard InChI is InChI=1S/C12H16ClF3N2O/c1-18(2)7-8(19)6-17-11-9(12(14,15)16)4-3-5-10(11)13/h3-5,8,17,19H,6-7H2,1-2H3. The number of hydrogen-bond acceptors (Lipinski definition) is 3. The van der Waals surface area contributed by atoms with Crippen LogP contribution in [0.4, 0.5) is 18.9 Å². The van der Waals surface area contributed by atoms with Gasteiger partial charge in [0.1, 0.15) is 0 Å². The Morgan fingerprint density at radius 3 is 2.53 bits per heavy atom. The Hall–Kier alpha value is -0.980. The molecule has 3 nitrogen and oxygen atoms in total. The van der Waals surface area contributed by atoms with Gasteiger partial charge in [0.15, 0.2) is 0 Å². The largest absolute Gasteiger partial charge is 0.418 e. The molecule has 0 spiro atoms. The van der Waals surface area contributed by atoms with E-state index < -0.39 is 17.8 Å². The predicted octanol–water partition coefficient (Wildman–Crippen LogP) is 2.69. The molecule has 1 rings (SSSR count). The van der Waals surface area contributed by atoms with E-state index in [0.29, 0.717) is 6.54 Å². The number of halogens is 4. The number of hydrogen-bond donors (Lipinski definition) is 2. The molecule has 2 N–H and O–H groups in total. The van der Waals surface area contributed by atoms with Gasteiger partial charge >= 0.3 is 6.18 Å². The number of likely N-dealkylation sites (N-methyl/N-ethyl adjacent to an activating group) is 1. The van der Waals surface area contributed by atoms with Crippen molar-refractivity contribution in [1.82, 2.24) is 4.90 Å². The van der Waals surface area contributed by atoms with E-state index >= 15 is 0 Å². The Balaban J connectivity index is 2.83. The van der Waals surface area contributed by atoms with Gasteiger partial charge in [0.25, 0.3) is 0 Å². The molecule has 0 aliphatic heterocycles. The normalized spacial score (nSPS) is 13.7. The Morgan fingerprint density at radius 2 is 2.00 bits per heavy atom. The quantitative estimate of drug-likeness (QED) is 0.877. The fraction of sp³-hybridized carbons (Fsp3) is 0.500. The molecule has 0 saturated carbocycles. The highest BCUT2D eigenvalue weighted by Crippen LogP contribution is 2.38. The first kappa shape index (κ1) is 16.1. The molecular weight excluding hydrogens is 281 g/mol. The van der Waals surface area contributed by atoms with Crippen LogP contribution in [0.5, 0.6) is 0 Å². The number of anilines is 1. The average Bonchev–Trinajstić information content (AvgIpc) is 2.24. The summed E-state index contributed by atoms with van der Waals surface area (Å²) in [6.45, 7) is 0.337. The number of para-hydroxylation sites is 1. The summed E-state index contributed by atoms with van der Waals surface area (Å²) in [6.07, 6.45) is -5.27. The predicted molar refractivity (Wildman–Crippen MR) is 69.5 cm³/mol. The lowest BCUT2D eigenvalue weighted by Gasteiger charge is -2.20. The van der Waals surface area contributed by atoms with Crippen molar-refractivity contribution in [3.05, 3.63) is 28.8 Å². The van der Waals surface area contributed by atoms with Crippen LogP contribution in [-0.4, -0.2) is 43.3 Å². The molecule has 0 amide bonds. The molecule has 0 aromatic heterocycles. The average molecular weight is 297 g/mol. The summed E-state index contributed by atoms with van der Waals surface area (Å²) in [7, 11) is 3.53. The Bertz CT molecular complexity index is 424. The summed E-state index contributed by atoms with van der Waals surface area (Å²) in [5.41, 5.74) is -1.04. The minimum Gasteiger partial charge on any atom is -0.390 e. The molecule has 1 unspecified atom stereocenters. The van der Waals surface area contributed by atoms with Crippen LogP contribution in [0.3, 0.4) is 0 Å². The molecule has 0 fully saturated rings. The lowest BCUT2D eigenvalue weighted by atomic mass is 10.1. The molecule has 7 heteroatoms. The van der Waals surface area contributed by atoms with Crippen LogP contribution in [-0.2, 0) is 6.18 Å². The maximum Gasteiger partial charge on any atom is 0.418 e. The van der Waals surface area contributed by atoms with Crippen molar-refractivity contribution in [3.63, 3.8) is 0 Å². The van der Waals surface area contributed by atoms with Gasteiger partial charge in [-0.15, -0.1) is 0 Å². The van der Waals surface area contributed by atoms with Gasteiger partial charge in [0.05, 0.1) is 22.4 Å². The summed E-state index contributed by atoms with van der Waals surface area (Å²) < 4.78 is 38.4. The van der Waals surface area contributed by atoms with Gasteiger partial charge in [-0.3, -0.25) is 0 Å². The van der Waals surface area contributed by atoms with Crippen molar-refractivity contribution >= 4 is 17.3 Å². The first-order valence-corrected chi connectivity index (χ1v) is 6.02. The number of nitrogens with one attached hydrogen (secondary N) is 1. The van der Waals surface area contributed by atoms with Crippen LogP contribution in [0, 0.1) is 0 Å². The van der Waals surface area contributed by atoms with Gasteiger partial charge in [-0.25, -0.2) is 0 Å². The first-order chi connectivity index (χ1) is 8.71. The second-order valence-corrected chi connectivity index (χ2v) is 4.86. The van der Waals surface area contributed by atoms with E-state index in [1.165, 1.54) is 12.1 Å². The smallest absolute Gasteiger partial charge is 0.390 e. The fourth-order valence-corrected chi connectivity index (χ4v) is 1.89. The van der Waals surface area contributed by atoms with Gasteiger partial charge in [-0.1, -0.05) is 17.7 Å². The molecule has 1 aromatic carbocycles. The van der Waals surface area contributed by atoms with Gasteiger partial charge in [-0.05, 0) is 26.2 Å². The number of nitrogens with zero attached hydrogens (tertiary/aromatic N) is 1. The van der Waals surface area contributed by atoms with E-state index in [9.17, 15) is 18.3 Å². The molecule has 19 heavy (non-hydrogen) atoms. The molecule has 0 radical (unpaired) electrons. The van der Waals surface area contributed by atoms with Crippen LogP contribution in [0.15, 0.2) is 18.2 Å². The van der Waals surface area contributed by atoms with Gasteiger partial charge < -0.3 is 15.3 Å². The first-order valence-electron chi connectivity index (χ1n) is 5.64. The zero-order chi connectivity index (χ0) is 14.6. The van der Waals surface area contributed by atoms with E-state index in [1.807, 2.05) is 0 Å². The summed E-state index contributed by atoms with van der Waals surface area (Å²) in [6, 6.07) is 3.57. The maximum absolute atomic E-state index is 12.8. The second kappa shape index (κ2) is 6.45. The highest BCUT2D eigenvalue weighted by Gasteiger charge is 2.34. The lowest BCUT2D eigenvalue weighted by Crippen LogP contribution is -2.31. The highest BCUT2D eigenvalue weighted by atomic mass is 35.5. The zero-order valence-corrected chi connectivity index (χ0v) is 11.4. The van der Waals surface area contributed by atoms with Crippen molar-refractivity contribution < 1.29 is 18.3 Å². The molecule has 0 saturated heterocycles. The third-order valence-electron chi connectivity index (χ3n) is 2.41. The molecule has 0 aliphatic carbocycles. The number of rotatable bonds is 5. The van der Waals surface area contributed by atoms with Crippen molar-refractivity contribution in [2.24, 2.45) is 0 Å². The SMILES string of the molecule is CN(C)CC(O)CNc1c(Cl)cccc1C(F)(F)F. The lowest BCUT2D eigenvalue weighted by molar-refractivity contribution is -0.137. The Morgan fingerprint density at radius 1 is 1.37 bits per heavy atom. The van der Waals surface area contributed by atoms with E-state index in [2.05, 4.69) is 5.32 Å². The highest BCUT2D eigenvalue weighted by molar-refractivity contribution is 6.33. The Labute approximate surface area is 115 Å². The molecule has 0 heterocycles. The summed E-state index contributed by atoms with van der Waals surface area (Å²) in [5, 5.41) is 12.2. The summed E-state index contributed by atoms with van der Waals surface area (Å²) >= 11 is 5.77. The topological polar surface area (TPSA) is 35.5 Å². The van der Waals surface area contributed by atoms with E-state index in [0.717, 1.165) is 6.07 Å². The van der Waals surface area contributed by atoms with Crippen LogP contribution < -0.4 is 5.32 Å².